The highest BCUT2D eigenvalue weighted by Crippen LogP contribution is 2.62. The highest BCUT2D eigenvalue weighted by atomic mass is 16.7. The van der Waals surface area contributed by atoms with Crippen LogP contribution < -0.4 is 9.47 Å². The fourth-order valence-corrected chi connectivity index (χ4v) is 8.20. The lowest BCUT2D eigenvalue weighted by atomic mass is 9.55. The lowest BCUT2D eigenvalue weighted by molar-refractivity contribution is -0.253. The summed E-state index contributed by atoms with van der Waals surface area (Å²) < 4.78 is 26.2. The van der Waals surface area contributed by atoms with Gasteiger partial charge in [0, 0.05) is 43.7 Å². The van der Waals surface area contributed by atoms with Crippen LogP contribution in [0.3, 0.4) is 0 Å². The molecule has 1 saturated carbocycles. The van der Waals surface area contributed by atoms with Crippen LogP contribution in [0.4, 0.5) is 4.79 Å². The Bertz CT molecular complexity index is 1650. The fraction of sp³-hybridized carbons (Fsp3) is 0.548. The number of benzene rings is 2. The van der Waals surface area contributed by atoms with Crippen LogP contribution in [0.5, 0.6) is 17.2 Å². The third-order valence-electron chi connectivity index (χ3n) is 10.5. The number of hydrogen-bond acceptors (Lipinski definition) is 10. The average Bonchev–Trinajstić information content (AvgIpc) is 3.14. The molecule has 5 rings (SSSR count). The number of unbranched alkanes of at least 4 members (excludes halogenated alkanes) is 2. The van der Waals surface area contributed by atoms with Crippen molar-refractivity contribution in [1.82, 2.24) is 4.90 Å². The minimum atomic E-state index is -1.37. The molecule has 288 valence electrons. The Morgan fingerprint density at radius 1 is 1.08 bits per heavy atom. The van der Waals surface area contributed by atoms with Crippen molar-refractivity contribution in [3.05, 3.63) is 77.9 Å². The monoisotopic (exact) mass is 732 g/mol. The minimum Gasteiger partial charge on any atom is -0.459 e. The molecule has 0 aromatic heterocycles. The highest BCUT2D eigenvalue weighted by Gasteiger charge is 2.65. The molecule has 6 atom stereocenters. The summed E-state index contributed by atoms with van der Waals surface area (Å²) in [6.07, 6.45) is 9.17. The van der Waals surface area contributed by atoms with E-state index in [9.17, 15) is 19.8 Å². The summed E-state index contributed by atoms with van der Waals surface area (Å²) >= 11 is 0. The number of carbonyl (C=O) groups is 2. The molecule has 2 N–H and O–H groups in total. The second kappa shape index (κ2) is 17.8. The van der Waals surface area contributed by atoms with E-state index < -0.39 is 23.8 Å². The maximum Gasteiger partial charge on any atom is 0.410 e. The fourth-order valence-electron chi connectivity index (χ4n) is 8.20. The van der Waals surface area contributed by atoms with E-state index in [2.05, 4.69) is 17.8 Å². The molecule has 0 spiro atoms. The van der Waals surface area contributed by atoms with Crippen LogP contribution >= 0.6 is 0 Å². The van der Waals surface area contributed by atoms with Crippen molar-refractivity contribution in [2.75, 3.05) is 40.6 Å². The van der Waals surface area contributed by atoms with Gasteiger partial charge in [0.05, 0.1) is 24.8 Å². The van der Waals surface area contributed by atoms with Gasteiger partial charge >= 0.3 is 6.09 Å². The van der Waals surface area contributed by atoms with Gasteiger partial charge in [-0.05, 0) is 78.8 Å². The largest absolute Gasteiger partial charge is 0.459 e. The molecule has 2 aromatic rings. The summed E-state index contributed by atoms with van der Waals surface area (Å²) in [5.41, 5.74) is 2.84. The van der Waals surface area contributed by atoms with Crippen LogP contribution in [-0.2, 0) is 14.3 Å². The van der Waals surface area contributed by atoms with E-state index in [1.807, 2.05) is 39.0 Å². The Balaban J connectivity index is 1.72. The second-order valence-electron chi connectivity index (χ2n) is 15.5. The number of rotatable bonds is 17. The van der Waals surface area contributed by atoms with Crippen molar-refractivity contribution in [2.24, 2.45) is 28.3 Å². The topological polar surface area (TPSA) is 136 Å². The van der Waals surface area contributed by atoms with Gasteiger partial charge in [-0.2, -0.15) is 0 Å². The predicted molar refractivity (Wildman–Crippen MR) is 202 cm³/mol. The summed E-state index contributed by atoms with van der Waals surface area (Å²) in [4.78, 5) is 32.4. The number of fused-ring (bicyclic) bond motifs is 2. The number of nitrogens with zero attached hydrogens (tertiary/aromatic N) is 2. The number of aliphatic hydroxyl groups is 2. The molecule has 0 radical (unpaired) electrons. The van der Waals surface area contributed by atoms with Crippen LogP contribution in [0.15, 0.2) is 71.9 Å². The van der Waals surface area contributed by atoms with Gasteiger partial charge in [-0.15, -0.1) is 6.58 Å². The number of aldehydes is 1. The van der Waals surface area contributed by atoms with E-state index in [1.165, 1.54) is 7.11 Å². The highest BCUT2D eigenvalue weighted by molar-refractivity contribution is 6.02. The van der Waals surface area contributed by atoms with E-state index in [-0.39, 0.29) is 56.0 Å². The molecule has 53 heavy (non-hydrogen) atoms. The van der Waals surface area contributed by atoms with E-state index in [0.29, 0.717) is 41.4 Å². The summed E-state index contributed by atoms with van der Waals surface area (Å²) in [5, 5.41) is 24.1. The first kappa shape index (κ1) is 40.0. The zero-order chi connectivity index (χ0) is 38.2. The number of oxime groups is 1. The number of ether oxygens (including phenoxy) is 4. The molecular formula is C42H56N2O9. The van der Waals surface area contributed by atoms with Crippen molar-refractivity contribution < 1.29 is 43.6 Å². The molecule has 1 aliphatic heterocycles. The van der Waals surface area contributed by atoms with Gasteiger partial charge < -0.3 is 38.9 Å². The molecule has 11 nitrogen and oxygen atoms in total. The van der Waals surface area contributed by atoms with Crippen LogP contribution in [0.1, 0.15) is 87.6 Å². The quantitative estimate of drug-likeness (QED) is 0.0727. The van der Waals surface area contributed by atoms with Crippen LogP contribution in [0, 0.1) is 23.2 Å². The lowest BCUT2D eigenvalue weighted by Gasteiger charge is -2.59. The predicted octanol–water partition coefficient (Wildman–Crippen LogP) is 7.67. The first-order chi connectivity index (χ1) is 25.5. The molecular weight excluding hydrogens is 676 g/mol. The minimum absolute atomic E-state index is 0.0673. The molecule has 0 saturated heterocycles. The Kier molecular flexibility index (Phi) is 13.4. The maximum atomic E-state index is 13.8. The van der Waals surface area contributed by atoms with Gasteiger partial charge in [0.25, 0.3) is 0 Å². The number of allylic oxidation sites excluding steroid dienone is 1. The molecule has 2 aliphatic carbocycles. The SMILES string of the molecule is C=CCOC12Oc3ccc(Oc4cccc(C=O)c4)cc3C3C(CCCCO)C(CCCCO)C=C(C(=NOC)CC1N(C)C(=O)OCC(C)(C)C)C32. The number of carbonyl (C=O) groups excluding carboxylic acids is 2. The second-order valence-corrected chi connectivity index (χ2v) is 15.5. The van der Waals surface area contributed by atoms with Crippen molar-refractivity contribution in [1.29, 1.82) is 0 Å². The van der Waals surface area contributed by atoms with Gasteiger partial charge in [0.15, 0.2) is 0 Å². The van der Waals surface area contributed by atoms with Crippen molar-refractivity contribution in [3.63, 3.8) is 0 Å². The van der Waals surface area contributed by atoms with Gasteiger partial charge in [0.2, 0.25) is 5.79 Å². The first-order valence-corrected chi connectivity index (χ1v) is 18.7. The molecule has 2 aromatic carbocycles. The van der Waals surface area contributed by atoms with Gasteiger partial charge in [0.1, 0.15) is 36.7 Å². The van der Waals surface area contributed by atoms with Crippen molar-refractivity contribution >= 4 is 18.1 Å². The Morgan fingerprint density at radius 2 is 1.81 bits per heavy atom. The van der Waals surface area contributed by atoms with Gasteiger partial charge in [-0.3, -0.25) is 4.79 Å². The summed E-state index contributed by atoms with van der Waals surface area (Å²) in [6.45, 7) is 10.6. The number of likely N-dealkylation sites (N-methyl/N-ethyl adjacent to an activating group) is 1. The molecule has 11 heteroatoms. The number of hydrogen-bond donors (Lipinski definition) is 2. The molecule has 1 fully saturated rings. The molecule has 0 bridgehead atoms. The molecule has 1 heterocycles. The Hall–Kier alpha value is -4.19. The first-order valence-electron chi connectivity index (χ1n) is 18.7. The standard InChI is InChI=1S/C42H56N2O9/c1-7-21-51-42-37(44(5)40(48)50-27-41(2,3)4)25-35(43-49-6)33-23-29(14-8-10-19-45)32(16-9-11-20-46)38(39(33)42)34-24-31(17-18-36(34)53-42)52-30-15-12-13-28(22-30)26-47/h7,12-13,15,17-18,22-24,26,29,32,37-39,45-46H,1,8-11,14,16,19-21,25,27H2,2-6H3. The number of aliphatic hydroxyl groups excluding tert-OH is 2. The molecule has 1 amide bonds. The van der Waals surface area contributed by atoms with E-state index in [4.69, 9.17) is 23.8 Å². The average molecular weight is 733 g/mol. The van der Waals surface area contributed by atoms with Crippen molar-refractivity contribution in [2.45, 2.75) is 83.5 Å². The van der Waals surface area contributed by atoms with Gasteiger partial charge in [-0.25, -0.2) is 4.79 Å². The van der Waals surface area contributed by atoms with Gasteiger partial charge in [-0.1, -0.05) is 63.1 Å². The van der Waals surface area contributed by atoms with E-state index in [1.54, 1.807) is 42.3 Å². The van der Waals surface area contributed by atoms with E-state index in [0.717, 1.165) is 43.1 Å². The Labute approximate surface area is 313 Å². The number of amides is 1. The zero-order valence-corrected chi connectivity index (χ0v) is 31.8. The Morgan fingerprint density at radius 3 is 2.49 bits per heavy atom. The van der Waals surface area contributed by atoms with Crippen molar-refractivity contribution in [3.8, 4) is 17.2 Å². The summed E-state index contributed by atoms with van der Waals surface area (Å²) in [7, 11) is 3.23. The molecule has 6 unspecified atom stereocenters. The third-order valence-corrected chi connectivity index (χ3v) is 10.5. The maximum absolute atomic E-state index is 13.8. The van der Waals surface area contributed by atoms with Crippen LogP contribution in [-0.4, -0.2) is 85.6 Å². The van der Waals surface area contributed by atoms with Crippen LogP contribution in [0.2, 0.25) is 0 Å². The normalized spacial score (nSPS) is 25.3. The smallest absolute Gasteiger partial charge is 0.410 e. The third kappa shape index (κ3) is 8.96. The van der Waals surface area contributed by atoms with E-state index >= 15 is 0 Å². The summed E-state index contributed by atoms with van der Waals surface area (Å²) in [5.74, 6) is -0.121. The zero-order valence-electron chi connectivity index (χ0n) is 31.8. The molecule has 3 aliphatic rings. The lowest BCUT2D eigenvalue weighted by Crippen LogP contribution is -2.69. The summed E-state index contributed by atoms with van der Waals surface area (Å²) in [6, 6.07) is 12.1. The van der Waals surface area contributed by atoms with Crippen LogP contribution in [0.25, 0.3) is 0 Å².